The molecule has 0 atom stereocenters. The van der Waals surface area contributed by atoms with Crippen molar-refractivity contribution in [1.29, 1.82) is 0 Å². The van der Waals surface area contributed by atoms with Gasteiger partial charge in [-0.05, 0) is 6.07 Å². The van der Waals surface area contributed by atoms with E-state index >= 15 is 0 Å². The first-order chi connectivity index (χ1) is 9.16. The molecule has 110 valence electrons. The Kier molecular flexibility index (Phi) is 4.61. The topological polar surface area (TPSA) is 110 Å². The average Bonchev–Trinajstić information content (AvgIpc) is 2.31. The number of benzene rings is 1. The zero-order valence-electron chi connectivity index (χ0n) is 10.0. The number of hydrogen-bond acceptors (Lipinski definition) is 5. The van der Waals surface area contributed by atoms with Crippen molar-refractivity contribution >= 4 is 27.6 Å². The molecule has 1 aromatic carbocycles. The summed E-state index contributed by atoms with van der Waals surface area (Å²) in [6.07, 6.45) is 0. The number of nitrogens with one attached hydrogen (secondary N) is 1. The molecule has 0 spiro atoms. The number of carboxylic acids is 1. The highest BCUT2D eigenvalue weighted by atomic mass is 32.2. The van der Waals surface area contributed by atoms with Crippen LogP contribution in [0.15, 0.2) is 12.1 Å². The van der Waals surface area contributed by atoms with E-state index in [-0.39, 0.29) is 0 Å². The molecule has 0 amide bonds. The maximum atomic E-state index is 13.0. The van der Waals surface area contributed by atoms with Gasteiger partial charge in [0, 0.05) is 6.07 Å². The van der Waals surface area contributed by atoms with Gasteiger partial charge in [0.05, 0.1) is 18.4 Å². The summed E-state index contributed by atoms with van der Waals surface area (Å²) >= 11 is 0. The lowest BCUT2D eigenvalue weighted by Crippen LogP contribution is -2.24. The summed E-state index contributed by atoms with van der Waals surface area (Å²) in [5, 5.41) is 8.79. The monoisotopic (exact) mass is 309 g/mol. The second-order valence-corrected chi connectivity index (χ2v) is 5.28. The summed E-state index contributed by atoms with van der Waals surface area (Å²) in [5.41, 5.74) is -1.49. The quantitative estimate of drug-likeness (QED) is 0.770. The summed E-state index contributed by atoms with van der Waals surface area (Å²) in [6.45, 7) is 0. The van der Waals surface area contributed by atoms with Crippen molar-refractivity contribution in [3.05, 3.63) is 29.3 Å². The Bertz CT molecular complexity index is 658. The molecule has 0 heterocycles. The highest BCUT2D eigenvalue weighted by Gasteiger charge is 2.22. The molecular formula is C10H9F2NO6S. The Hall–Kier alpha value is -2.23. The van der Waals surface area contributed by atoms with Crippen LogP contribution >= 0.6 is 0 Å². The minimum atomic E-state index is -4.31. The molecule has 0 saturated heterocycles. The average molecular weight is 309 g/mol. The molecule has 0 aliphatic carbocycles. The Morgan fingerprint density at radius 2 is 1.85 bits per heavy atom. The minimum absolute atomic E-state index is 0.327. The third-order valence-corrected chi connectivity index (χ3v) is 3.24. The highest BCUT2D eigenvalue weighted by Crippen LogP contribution is 2.21. The van der Waals surface area contributed by atoms with Crippen LogP contribution in [0, 0.1) is 11.6 Å². The second kappa shape index (κ2) is 5.82. The normalized spacial score (nSPS) is 10.9. The zero-order valence-corrected chi connectivity index (χ0v) is 10.8. The minimum Gasteiger partial charge on any atom is -0.478 e. The first kappa shape index (κ1) is 15.8. The van der Waals surface area contributed by atoms with E-state index in [0.717, 1.165) is 7.11 Å². The van der Waals surface area contributed by atoms with Gasteiger partial charge in [-0.2, -0.15) is 0 Å². The molecule has 1 rings (SSSR count). The van der Waals surface area contributed by atoms with Crippen molar-refractivity contribution < 1.29 is 36.6 Å². The second-order valence-electron chi connectivity index (χ2n) is 3.55. The van der Waals surface area contributed by atoms with Crippen LogP contribution in [0.3, 0.4) is 0 Å². The third kappa shape index (κ3) is 3.88. The number of sulfonamides is 1. The summed E-state index contributed by atoms with van der Waals surface area (Å²) < 4.78 is 54.8. The predicted molar refractivity (Wildman–Crippen MR) is 62.7 cm³/mol. The van der Waals surface area contributed by atoms with Crippen LogP contribution in [0.4, 0.5) is 14.5 Å². The fourth-order valence-corrected chi connectivity index (χ4v) is 2.23. The lowest BCUT2D eigenvalue weighted by Gasteiger charge is -2.10. The fraction of sp³-hybridized carbons (Fsp3) is 0.200. The van der Waals surface area contributed by atoms with Crippen molar-refractivity contribution in [2.75, 3.05) is 17.6 Å². The Morgan fingerprint density at radius 1 is 1.30 bits per heavy atom. The van der Waals surface area contributed by atoms with Gasteiger partial charge in [-0.15, -0.1) is 0 Å². The largest absolute Gasteiger partial charge is 0.478 e. The smallest absolute Gasteiger partial charge is 0.337 e. The van der Waals surface area contributed by atoms with Crippen LogP contribution < -0.4 is 4.72 Å². The molecule has 0 bridgehead atoms. The van der Waals surface area contributed by atoms with E-state index < -0.39 is 50.6 Å². The number of halogens is 2. The molecular weight excluding hydrogens is 300 g/mol. The molecule has 0 aliphatic heterocycles. The molecule has 0 aromatic heterocycles. The number of esters is 1. The van der Waals surface area contributed by atoms with E-state index in [1.165, 1.54) is 0 Å². The van der Waals surface area contributed by atoms with Crippen LogP contribution in [0.1, 0.15) is 10.4 Å². The predicted octanol–water partition coefficient (Wildman–Crippen LogP) is 0.578. The first-order valence-electron chi connectivity index (χ1n) is 4.96. The van der Waals surface area contributed by atoms with Gasteiger partial charge in [-0.1, -0.05) is 0 Å². The summed E-state index contributed by atoms with van der Waals surface area (Å²) in [7, 11) is -3.35. The standard InChI is InChI=1S/C10H9F2NO6S/c1-19-9(14)4-20(17,18)13-8-3-7(12)6(11)2-5(8)10(15)16/h2-3,13H,4H2,1H3,(H,15,16). The van der Waals surface area contributed by atoms with E-state index in [1.807, 2.05) is 0 Å². The molecule has 0 unspecified atom stereocenters. The number of aromatic carboxylic acids is 1. The number of carboxylic acid groups (broad SMARTS) is 1. The van der Waals surface area contributed by atoms with Gasteiger partial charge in [0.25, 0.3) is 0 Å². The molecule has 0 radical (unpaired) electrons. The number of anilines is 1. The van der Waals surface area contributed by atoms with Crippen LogP contribution in [-0.4, -0.2) is 38.3 Å². The molecule has 1 aromatic rings. The molecule has 0 saturated carbocycles. The van der Waals surface area contributed by atoms with E-state index in [1.54, 1.807) is 4.72 Å². The molecule has 0 aliphatic rings. The van der Waals surface area contributed by atoms with E-state index in [0.29, 0.717) is 12.1 Å². The Labute approximate surface area is 112 Å². The number of ether oxygens (including phenoxy) is 1. The maximum Gasteiger partial charge on any atom is 0.337 e. The van der Waals surface area contributed by atoms with Crippen molar-refractivity contribution in [1.82, 2.24) is 0 Å². The van der Waals surface area contributed by atoms with Gasteiger partial charge in [0.15, 0.2) is 17.4 Å². The number of carbonyl (C=O) groups excluding carboxylic acids is 1. The fourth-order valence-electron chi connectivity index (χ4n) is 1.23. The van der Waals surface area contributed by atoms with E-state index in [4.69, 9.17) is 5.11 Å². The van der Waals surface area contributed by atoms with Crippen molar-refractivity contribution in [2.45, 2.75) is 0 Å². The number of methoxy groups -OCH3 is 1. The molecule has 7 nitrogen and oxygen atoms in total. The van der Waals surface area contributed by atoms with Gasteiger partial charge < -0.3 is 9.84 Å². The van der Waals surface area contributed by atoms with Crippen LogP contribution in [0.25, 0.3) is 0 Å². The summed E-state index contributed by atoms with van der Waals surface area (Å²) in [4.78, 5) is 21.7. The number of hydrogen-bond donors (Lipinski definition) is 2. The molecule has 2 N–H and O–H groups in total. The van der Waals surface area contributed by atoms with Gasteiger partial charge in [-0.3, -0.25) is 9.52 Å². The molecule has 20 heavy (non-hydrogen) atoms. The van der Waals surface area contributed by atoms with Crippen LogP contribution in [0.5, 0.6) is 0 Å². The third-order valence-electron chi connectivity index (χ3n) is 2.09. The van der Waals surface area contributed by atoms with Gasteiger partial charge >= 0.3 is 11.9 Å². The Morgan fingerprint density at radius 3 is 2.35 bits per heavy atom. The van der Waals surface area contributed by atoms with Gasteiger partial charge in [0.1, 0.15) is 0 Å². The van der Waals surface area contributed by atoms with Gasteiger partial charge in [0.2, 0.25) is 10.0 Å². The van der Waals surface area contributed by atoms with Crippen molar-refractivity contribution in [3.8, 4) is 0 Å². The van der Waals surface area contributed by atoms with E-state index in [2.05, 4.69) is 4.74 Å². The van der Waals surface area contributed by atoms with Crippen molar-refractivity contribution in [3.63, 3.8) is 0 Å². The lowest BCUT2D eigenvalue weighted by atomic mass is 10.2. The lowest BCUT2D eigenvalue weighted by molar-refractivity contribution is -0.137. The number of carbonyl (C=O) groups is 2. The Balaban J connectivity index is 3.17. The SMILES string of the molecule is COC(=O)CS(=O)(=O)Nc1cc(F)c(F)cc1C(=O)O. The van der Waals surface area contributed by atoms with Crippen molar-refractivity contribution in [2.24, 2.45) is 0 Å². The number of rotatable bonds is 5. The first-order valence-corrected chi connectivity index (χ1v) is 6.61. The molecule has 10 heteroatoms. The van der Waals surface area contributed by atoms with Crippen LogP contribution in [0.2, 0.25) is 0 Å². The molecule has 0 fully saturated rings. The maximum absolute atomic E-state index is 13.0. The highest BCUT2D eigenvalue weighted by molar-refractivity contribution is 7.93. The van der Waals surface area contributed by atoms with E-state index in [9.17, 15) is 26.8 Å². The van der Waals surface area contributed by atoms with Gasteiger partial charge in [-0.25, -0.2) is 22.0 Å². The van der Waals surface area contributed by atoms with Crippen LogP contribution in [-0.2, 0) is 19.6 Å². The zero-order chi connectivity index (χ0) is 15.5. The summed E-state index contributed by atoms with van der Waals surface area (Å²) in [6, 6.07) is 0.696. The summed E-state index contributed by atoms with van der Waals surface area (Å²) in [5.74, 6) is -6.75.